The molecule has 0 aliphatic carbocycles. The number of nitrogens with zero attached hydrogens (tertiary/aromatic N) is 1. The van der Waals surface area contributed by atoms with Crippen LogP contribution in [0.15, 0.2) is 24.3 Å². The number of nitrogens with one attached hydrogen (secondary N) is 1. The summed E-state index contributed by atoms with van der Waals surface area (Å²) in [7, 11) is 0. The summed E-state index contributed by atoms with van der Waals surface area (Å²) < 4.78 is 0. The third-order valence-electron chi connectivity index (χ3n) is 2.58. The van der Waals surface area contributed by atoms with Crippen LogP contribution in [0.5, 0.6) is 0 Å². The first-order valence-corrected chi connectivity index (χ1v) is 7.10. The molecule has 3 amide bonds. The predicted octanol–water partition coefficient (Wildman–Crippen LogP) is 2.12. The molecule has 18 heavy (non-hydrogen) atoms. The number of imide groups is 1. The van der Waals surface area contributed by atoms with Crippen LogP contribution in [-0.4, -0.2) is 35.7 Å². The minimum atomic E-state index is -0.285. The van der Waals surface area contributed by atoms with E-state index in [1.165, 1.54) is 10.5 Å². The van der Waals surface area contributed by atoms with Crippen LogP contribution >= 0.6 is 23.4 Å². The van der Waals surface area contributed by atoms with Gasteiger partial charge in [-0.2, -0.15) is 11.8 Å². The molecule has 0 aromatic heterocycles. The Labute approximate surface area is 115 Å². The first kappa shape index (κ1) is 13.2. The highest BCUT2D eigenvalue weighted by Crippen LogP contribution is 2.15. The molecule has 1 aliphatic rings. The molecule has 1 aromatic rings. The number of benzene rings is 1. The highest BCUT2D eigenvalue weighted by molar-refractivity contribution is 7.98. The number of hydrogen-bond donors (Lipinski definition) is 1. The van der Waals surface area contributed by atoms with Crippen molar-refractivity contribution in [3.8, 4) is 0 Å². The Hall–Kier alpha value is -1.20. The average molecular weight is 285 g/mol. The van der Waals surface area contributed by atoms with Crippen molar-refractivity contribution in [3.05, 3.63) is 34.9 Å². The van der Waals surface area contributed by atoms with E-state index in [1.807, 2.05) is 24.3 Å². The van der Waals surface area contributed by atoms with E-state index < -0.39 is 0 Å². The van der Waals surface area contributed by atoms with Crippen molar-refractivity contribution in [1.29, 1.82) is 0 Å². The Kier molecular flexibility index (Phi) is 4.49. The van der Waals surface area contributed by atoms with Crippen molar-refractivity contribution < 1.29 is 9.59 Å². The van der Waals surface area contributed by atoms with Gasteiger partial charge in [0.1, 0.15) is 0 Å². The van der Waals surface area contributed by atoms with Gasteiger partial charge < -0.3 is 5.32 Å². The normalized spacial score (nSPS) is 15.1. The van der Waals surface area contributed by atoms with Crippen molar-refractivity contribution in [2.75, 3.05) is 18.8 Å². The lowest BCUT2D eigenvalue weighted by Crippen LogP contribution is -2.32. The van der Waals surface area contributed by atoms with Gasteiger partial charge in [0.15, 0.2) is 0 Å². The molecule has 1 aliphatic heterocycles. The maximum atomic E-state index is 11.3. The number of halogens is 1. The van der Waals surface area contributed by atoms with Crippen LogP contribution in [0.4, 0.5) is 4.79 Å². The zero-order valence-electron chi connectivity index (χ0n) is 9.69. The molecule has 1 fully saturated rings. The second-order valence-corrected chi connectivity index (χ2v) is 5.42. The SMILES string of the molecule is O=C1CNC(=O)N1CCSCc1ccc(Cl)cc1. The molecule has 0 radical (unpaired) electrons. The van der Waals surface area contributed by atoms with Gasteiger partial charge in [-0.1, -0.05) is 23.7 Å². The van der Waals surface area contributed by atoms with Crippen molar-refractivity contribution >= 4 is 35.3 Å². The molecular formula is C12H13ClN2O2S. The topological polar surface area (TPSA) is 49.4 Å². The fourth-order valence-electron chi connectivity index (χ4n) is 1.61. The Morgan fingerprint density at radius 3 is 2.61 bits per heavy atom. The average Bonchev–Trinajstić information content (AvgIpc) is 2.68. The zero-order valence-corrected chi connectivity index (χ0v) is 11.3. The monoisotopic (exact) mass is 284 g/mol. The first-order chi connectivity index (χ1) is 8.66. The minimum absolute atomic E-state index is 0.126. The Bertz CT molecular complexity index is 434. The summed E-state index contributed by atoms with van der Waals surface area (Å²) in [6.07, 6.45) is 0. The maximum absolute atomic E-state index is 11.3. The van der Waals surface area contributed by atoms with E-state index >= 15 is 0 Å². The van der Waals surface area contributed by atoms with Gasteiger partial charge in [-0.15, -0.1) is 0 Å². The number of rotatable bonds is 5. The molecule has 1 aromatic carbocycles. The third-order valence-corrected chi connectivity index (χ3v) is 3.84. The number of amides is 3. The molecule has 6 heteroatoms. The molecule has 0 spiro atoms. The van der Waals surface area contributed by atoms with Crippen LogP contribution in [-0.2, 0) is 10.5 Å². The summed E-state index contributed by atoms with van der Waals surface area (Å²) in [6.45, 7) is 0.587. The second kappa shape index (κ2) is 6.11. The molecule has 4 nitrogen and oxygen atoms in total. The lowest BCUT2D eigenvalue weighted by atomic mass is 10.2. The van der Waals surface area contributed by atoms with Crippen molar-refractivity contribution in [2.45, 2.75) is 5.75 Å². The van der Waals surface area contributed by atoms with Crippen molar-refractivity contribution in [2.24, 2.45) is 0 Å². The Morgan fingerprint density at radius 2 is 2.00 bits per heavy atom. The molecule has 1 N–H and O–H groups in total. The highest BCUT2D eigenvalue weighted by Gasteiger charge is 2.27. The van der Waals surface area contributed by atoms with Crippen LogP contribution in [0, 0.1) is 0 Å². The van der Waals surface area contributed by atoms with Gasteiger partial charge in [0.2, 0.25) is 5.91 Å². The molecule has 0 saturated carbocycles. The second-order valence-electron chi connectivity index (χ2n) is 3.88. The van der Waals surface area contributed by atoms with Gasteiger partial charge in [-0.3, -0.25) is 9.69 Å². The summed E-state index contributed by atoms with van der Waals surface area (Å²) in [5, 5.41) is 3.22. The van der Waals surface area contributed by atoms with E-state index in [0.29, 0.717) is 6.54 Å². The minimum Gasteiger partial charge on any atom is -0.329 e. The fourth-order valence-corrected chi connectivity index (χ4v) is 2.62. The zero-order chi connectivity index (χ0) is 13.0. The third kappa shape index (κ3) is 3.40. The lowest BCUT2D eigenvalue weighted by molar-refractivity contribution is -0.124. The van der Waals surface area contributed by atoms with Gasteiger partial charge >= 0.3 is 6.03 Å². The molecular weight excluding hydrogens is 272 g/mol. The smallest absolute Gasteiger partial charge is 0.324 e. The highest BCUT2D eigenvalue weighted by atomic mass is 35.5. The Morgan fingerprint density at radius 1 is 1.28 bits per heavy atom. The molecule has 2 rings (SSSR count). The van der Waals surface area contributed by atoms with Crippen molar-refractivity contribution in [3.63, 3.8) is 0 Å². The van der Waals surface area contributed by atoms with Crippen LogP contribution in [0.3, 0.4) is 0 Å². The van der Waals surface area contributed by atoms with Crippen LogP contribution < -0.4 is 5.32 Å². The standard InChI is InChI=1S/C12H13ClN2O2S/c13-10-3-1-9(2-4-10)8-18-6-5-15-11(16)7-14-12(15)17/h1-4H,5-8H2,(H,14,17). The molecule has 0 unspecified atom stereocenters. The van der Waals surface area contributed by atoms with Gasteiger partial charge in [-0.25, -0.2) is 4.79 Å². The first-order valence-electron chi connectivity index (χ1n) is 5.57. The molecule has 0 atom stereocenters. The summed E-state index contributed by atoms with van der Waals surface area (Å²) in [5.74, 6) is 1.44. The maximum Gasteiger partial charge on any atom is 0.324 e. The van der Waals surface area contributed by atoms with E-state index in [9.17, 15) is 9.59 Å². The fraction of sp³-hybridized carbons (Fsp3) is 0.333. The lowest BCUT2D eigenvalue weighted by Gasteiger charge is -2.11. The van der Waals surface area contributed by atoms with Crippen LogP contribution in [0.25, 0.3) is 0 Å². The van der Waals surface area contributed by atoms with Crippen molar-refractivity contribution in [1.82, 2.24) is 10.2 Å². The summed E-state index contributed by atoms with van der Waals surface area (Å²) >= 11 is 7.48. The largest absolute Gasteiger partial charge is 0.329 e. The molecule has 1 saturated heterocycles. The van der Waals surface area contributed by atoms with Gasteiger partial charge in [-0.05, 0) is 17.7 Å². The van der Waals surface area contributed by atoms with E-state index in [-0.39, 0.29) is 18.5 Å². The van der Waals surface area contributed by atoms with Crippen LogP contribution in [0.1, 0.15) is 5.56 Å². The number of carbonyl (C=O) groups is 2. The van der Waals surface area contributed by atoms with Gasteiger partial charge in [0.25, 0.3) is 0 Å². The summed E-state index contributed by atoms with van der Waals surface area (Å²) in [6, 6.07) is 7.38. The number of thioether (sulfide) groups is 1. The Balaban J connectivity index is 1.71. The number of urea groups is 1. The van der Waals surface area contributed by atoms with Gasteiger partial charge in [0.05, 0.1) is 6.54 Å². The predicted molar refractivity (Wildman–Crippen MR) is 72.7 cm³/mol. The number of carbonyl (C=O) groups excluding carboxylic acids is 2. The molecule has 96 valence electrons. The van der Waals surface area contributed by atoms with E-state index in [4.69, 9.17) is 11.6 Å². The summed E-state index contributed by atoms with van der Waals surface area (Å²) in [5.41, 5.74) is 1.18. The molecule has 0 bridgehead atoms. The number of hydrogen-bond acceptors (Lipinski definition) is 3. The van der Waals surface area contributed by atoms with E-state index in [0.717, 1.165) is 16.5 Å². The summed E-state index contributed by atoms with van der Waals surface area (Å²) in [4.78, 5) is 23.8. The van der Waals surface area contributed by atoms with E-state index in [1.54, 1.807) is 11.8 Å². The molecule has 1 heterocycles. The van der Waals surface area contributed by atoms with Crippen LogP contribution in [0.2, 0.25) is 5.02 Å². The van der Waals surface area contributed by atoms with Gasteiger partial charge in [0, 0.05) is 23.1 Å². The quantitative estimate of drug-likeness (QED) is 0.666. The van der Waals surface area contributed by atoms with E-state index in [2.05, 4.69) is 5.32 Å².